The van der Waals surface area contributed by atoms with E-state index in [0.29, 0.717) is 24.8 Å². The van der Waals surface area contributed by atoms with E-state index >= 15 is 0 Å². The lowest BCUT2D eigenvalue weighted by atomic mass is 10.1. The molecule has 5 rings (SSSR count). The first-order valence-electron chi connectivity index (χ1n) is 11.9. The summed E-state index contributed by atoms with van der Waals surface area (Å²) < 4.78 is 0. The smallest absolute Gasteiger partial charge is 0.245 e. The van der Waals surface area contributed by atoms with Crippen LogP contribution in [0.5, 0.6) is 0 Å². The van der Waals surface area contributed by atoms with Crippen molar-refractivity contribution in [3.8, 4) is 0 Å². The van der Waals surface area contributed by atoms with Crippen LogP contribution in [0.4, 0.5) is 17.6 Å². The molecule has 32 heavy (non-hydrogen) atoms. The molecule has 0 bridgehead atoms. The number of carbonyl (C=O) groups excluding carboxylic acids is 1. The van der Waals surface area contributed by atoms with Crippen molar-refractivity contribution in [2.24, 2.45) is 0 Å². The average Bonchev–Trinajstić information content (AvgIpc) is 3.53. The van der Waals surface area contributed by atoms with E-state index in [2.05, 4.69) is 29.4 Å². The minimum Gasteiger partial charge on any atom is -0.391 e. The standard InChI is InChI=1S/C23H33N7O2/c1-14(2)18-12-20(28-27-18)25-21-16-7-6-8-17(16)24-23(26-21)30-13-15(31)11-19(30)22(32)29-9-4-3-5-10-29/h12,14-15,19,31H,3-11,13H2,1-2H3,(H2,24,25,26,27,28)/t15-,19-/m1/s1. The molecule has 2 aliphatic heterocycles. The number of aliphatic hydroxyl groups excluding tert-OH is 1. The molecule has 9 heteroatoms. The van der Waals surface area contributed by atoms with Gasteiger partial charge in [-0.15, -0.1) is 0 Å². The van der Waals surface area contributed by atoms with Crippen molar-refractivity contribution in [3.63, 3.8) is 0 Å². The SMILES string of the molecule is CC(C)c1cc(Nc2nc(N3C[C@H](O)C[C@@H]3C(=O)N3CCCCC3)nc3c2CCC3)n[nH]1. The molecule has 3 aliphatic rings. The first-order chi connectivity index (χ1) is 15.5. The maximum absolute atomic E-state index is 13.3. The Kier molecular flexibility index (Phi) is 5.75. The summed E-state index contributed by atoms with van der Waals surface area (Å²) in [6, 6.07) is 1.60. The van der Waals surface area contributed by atoms with Crippen LogP contribution >= 0.6 is 0 Å². The van der Waals surface area contributed by atoms with Crippen LogP contribution in [-0.4, -0.2) is 67.9 Å². The molecular weight excluding hydrogens is 406 g/mol. The molecule has 0 saturated carbocycles. The number of hydrogen-bond donors (Lipinski definition) is 3. The Morgan fingerprint density at radius 2 is 2.00 bits per heavy atom. The second-order valence-electron chi connectivity index (χ2n) is 9.58. The van der Waals surface area contributed by atoms with Gasteiger partial charge in [0.2, 0.25) is 11.9 Å². The van der Waals surface area contributed by atoms with Crippen molar-refractivity contribution in [1.82, 2.24) is 25.1 Å². The monoisotopic (exact) mass is 439 g/mol. The number of nitrogens with one attached hydrogen (secondary N) is 2. The number of aryl methyl sites for hydroxylation is 1. The van der Waals surface area contributed by atoms with Gasteiger partial charge >= 0.3 is 0 Å². The Balaban J connectivity index is 1.44. The second-order valence-corrected chi connectivity index (χ2v) is 9.58. The van der Waals surface area contributed by atoms with Crippen molar-refractivity contribution in [2.75, 3.05) is 29.9 Å². The molecule has 0 unspecified atom stereocenters. The zero-order chi connectivity index (χ0) is 22.2. The number of nitrogens with zero attached hydrogens (tertiary/aromatic N) is 5. The fourth-order valence-corrected chi connectivity index (χ4v) is 5.06. The van der Waals surface area contributed by atoms with Crippen molar-refractivity contribution in [2.45, 2.75) is 76.9 Å². The molecule has 2 aromatic rings. The van der Waals surface area contributed by atoms with Gasteiger partial charge in [-0.1, -0.05) is 13.8 Å². The molecule has 2 saturated heterocycles. The van der Waals surface area contributed by atoms with E-state index in [1.165, 1.54) is 6.42 Å². The highest BCUT2D eigenvalue weighted by atomic mass is 16.3. The van der Waals surface area contributed by atoms with Crippen LogP contribution in [0, 0.1) is 0 Å². The number of H-pyrrole nitrogens is 1. The largest absolute Gasteiger partial charge is 0.391 e. The Morgan fingerprint density at radius 1 is 1.19 bits per heavy atom. The van der Waals surface area contributed by atoms with Crippen molar-refractivity contribution in [1.29, 1.82) is 0 Å². The van der Waals surface area contributed by atoms with Gasteiger partial charge < -0.3 is 20.2 Å². The number of anilines is 3. The molecule has 1 aliphatic carbocycles. The van der Waals surface area contributed by atoms with Crippen LogP contribution in [-0.2, 0) is 17.6 Å². The van der Waals surface area contributed by atoms with Gasteiger partial charge in [-0.3, -0.25) is 9.89 Å². The number of amides is 1. The third-order valence-corrected chi connectivity index (χ3v) is 6.88. The van der Waals surface area contributed by atoms with Crippen LogP contribution < -0.4 is 10.2 Å². The van der Waals surface area contributed by atoms with E-state index in [1.54, 1.807) is 0 Å². The molecule has 2 aromatic heterocycles. The number of fused-ring (bicyclic) bond motifs is 1. The van der Waals surface area contributed by atoms with E-state index in [4.69, 9.17) is 9.97 Å². The first-order valence-corrected chi connectivity index (χ1v) is 11.9. The molecule has 4 heterocycles. The summed E-state index contributed by atoms with van der Waals surface area (Å²) in [5.41, 5.74) is 3.22. The molecule has 0 spiro atoms. The van der Waals surface area contributed by atoms with Gasteiger partial charge in [-0.05, 0) is 44.4 Å². The number of β-amino-alcohol motifs (C(OH)–C–C–N with tert-alkyl or cyclic N) is 1. The minimum atomic E-state index is -0.554. The van der Waals surface area contributed by atoms with E-state index in [-0.39, 0.29) is 5.91 Å². The third-order valence-electron chi connectivity index (χ3n) is 6.88. The molecule has 2 fully saturated rings. The van der Waals surface area contributed by atoms with Gasteiger partial charge in [0, 0.05) is 43.4 Å². The number of carbonyl (C=O) groups is 1. The second kappa shape index (κ2) is 8.69. The topological polar surface area (TPSA) is 110 Å². The molecule has 0 aromatic carbocycles. The lowest BCUT2D eigenvalue weighted by Crippen LogP contribution is -2.48. The molecule has 2 atom stereocenters. The number of aromatic nitrogens is 4. The Bertz CT molecular complexity index is 983. The van der Waals surface area contributed by atoms with Crippen LogP contribution in [0.25, 0.3) is 0 Å². The summed E-state index contributed by atoms with van der Waals surface area (Å²) in [4.78, 5) is 26.9. The average molecular weight is 440 g/mol. The molecule has 9 nitrogen and oxygen atoms in total. The van der Waals surface area contributed by atoms with E-state index < -0.39 is 12.1 Å². The fourth-order valence-electron chi connectivity index (χ4n) is 5.06. The van der Waals surface area contributed by atoms with E-state index in [0.717, 1.165) is 73.8 Å². The molecular formula is C23H33N7O2. The van der Waals surface area contributed by atoms with Crippen molar-refractivity contribution >= 4 is 23.5 Å². The Morgan fingerprint density at radius 3 is 2.75 bits per heavy atom. The summed E-state index contributed by atoms with van der Waals surface area (Å²) in [6.45, 7) is 6.22. The van der Waals surface area contributed by atoms with E-state index in [9.17, 15) is 9.90 Å². The molecule has 0 radical (unpaired) electrons. The summed E-state index contributed by atoms with van der Waals surface area (Å²) in [5, 5.41) is 21.3. The maximum atomic E-state index is 13.3. The summed E-state index contributed by atoms with van der Waals surface area (Å²) in [6.07, 6.45) is 6.02. The number of likely N-dealkylation sites (tertiary alicyclic amines) is 1. The van der Waals surface area contributed by atoms with Crippen LogP contribution in [0.2, 0.25) is 0 Å². The quantitative estimate of drug-likeness (QED) is 0.656. The summed E-state index contributed by atoms with van der Waals surface area (Å²) in [7, 11) is 0. The van der Waals surface area contributed by atoms with Gasteiger partial charge in [0.1, 0.15) is 11.9 Å². The molecule has 172 valence electrons. The van der Waals surface area contributed by atoms with Crippen molar-refractivity contribution < 1.29 is 9.90 Å². The lowest BCUT2D eigenvalue weighted by Gasteiger charge is -2.32. The van der Waals surface area contributed by atoms with Gasteiger partial charge in [-0.2, -0.15) is 10.1 Å². The molecule has 1 amide bonds. The fraction of sp³-hybridized carbons (Fsp3) is 0.652. The third kappa shape index (κ3) is 4.05. The predicted molar refractivity (Wildman–Crippen MR) is 122 cm³/mol. The molecule has 3 N–H and O–H groups in total. The number of aromatic amines is 1. The van der Waals surface area contributed by atoms with E-state index in [1.807, 2.05) is 15.9 Å². The zero-order valence-corrected chi connectivity index (χ0v) is 19.0. The van der Waals surface area contributed by atoms with Crippen LogP contribution in [0.15, 0.2) is 6.07 Å². The van der Waals surface area contributed by atoms with Crippen molar-refractivity contribution in [3.05, 3.63) is 23.0 Å². The minimum absolute atomic E-state index is 0.0914. The summed E-state index contributed by atoms with van der Waals surface area (Å²) >= 11 is 0. The van der Waals surface area contributed by atoms with Gasteiger partial charge in [0.25, 0.3) is 0 Å². The zero-order valence-electron chi connectivity index (χ0n) is 19.0. The van der Waals surface area contributed by atoms with Crippen LogP contribution in [0.3, 0.4) is 0 Å². The van der Waals surface area contributed by atoms with Gasteiger partial charge in [-0.25, -0.2) is 4.98 Å². The predicted octanol–water partition coefficient (Wildman–Crippen LogP) is 2.51. The summed E-state index contributed by atoms with van der Waals surface area (Å²) in [5.74, 6) is 2.47. The lowest BCUT2D eigenvalue weighted by molar-refractivity contribution is -0.133. The number of piperidine rings is 1. The normalized spacial score (nSPS) is 23.1. The highest BCUT2D eigenvalue weighted by Gasteiger charge is 2.40. The Labute approximate surface area is 188 Å². The number of aliphatic hydroxyl groups is 1. The van der Waals surface area contributed by atoms with Crippen LogP contribution in [0.1, 0.15) is 68.8 Å². The van der Waals surface area contributed by atoms with Gasteiger partial charge in [0.15, 0.2) is 5.82 Å². The van der Waals surface area contributed by atoms with Gasteiger partial charge in [0.05, 0.1) is 11.8 Å². The highest BCUT2D eigenvalue weighted by Crippen LogP contribution is 2.33. The number of rotatable bonds is 5. The first kappa shape index (κ1) is 21.2. The highest BCUT2D eigenvalue weighted by molar-refractivity contribution is 5.85. The Hall–Kier alpha value is -2.68. The number of hydrogen-bond acceptors (Lipinski definition) is 7. The maximum Gasteiger partial charge on any atom is 0.245 e.